The Kier molecular flexibility index (Phi) is 5.72. The monoisotopic (exact) mass is 442 g/mol. The number of rotatable bonds is 6. The Morgan fingerprint density at radius 2 is 2.10 bits per heavy atom. The molecule has 3 aromatic rings. The maximum atomic E-state index is 12.3. The third kappa shape index (κ3) is 4.75. The highest BCUT2D eigenvalue weighted by molar-refractivity contribution is 6.30. The van der Waals surface area contributed by atoms with Crippen molar-refractivity contribution < 1.29 is 19.2 Å². The smallest absolute Gasteiger partial charge is 0.404 e. The van der Waals surface area contributed by atoms with Gasteiger partial charge in [-0.3, -0.25) is 9.69 Å². The number of nitrogens with one attached hydrogen (secondary N) is 2. The van der Waals surface area contributed by atoms with E-state index in [0.29, 0.717) is 28.2 Å². The van der Waals surface area contributed by atoms with E-state index in [1.165, 1.54) is 11.1 Å². The van der Waals surface area contributed by atoms with Crippen LogP contribution in [0.2, 0.25) is 5.02 Å². The van der Waals surface area contributed by atoms with Crippen molar-refractivity contribution in [1.29, 1.82) is 0 Å². The van der Waals surface area contributed by atoms with Crippen LogP contribution < -0.4 is 15.5 Å². The Balaban J connectivity index is 1.45. The van der Waals surface area contributed by atoms with Crippen LogP contribution in [0.25, 0.3) is 11.3 Å². The number of carboxylic acid groups (broad SMARTS) is 1. The number of benzene rings is 1. The summed E-state index contributed by atoms with van der Waals surface area (Å²) in [7, 11) is 0. The van der Waals surface area contributed by atoms with Gasteiger partial charge in [-0.1, -0.05) is 16.8 Å². The van der Waals surface area contributed by atoms with Crippen LogP contribution in [0.1, 0.15) is 25.1 Å². The van der Waals surface area contributed by atoms with Gasteiger partial charge in [0.05, 0.1) is 12.1 Å². The van der Waals surface area contributed by atoms with Crippen LogP contribution in [-0.2, 0) is 4.79 Å². The van der Waals surface area contributed by atoms with E-state index in [4.69, 9.17) is 21.2 Å². The van der Waals surface area contributed by atoms with E-state index < -0.39 is 12.1 Å². The third-order valence-electron chi connectivity index (χ3n) is 4.82. The molecule has 3 heterocycles. The van der Waals surface area contributed by atoms with Crippen molar-refractivity contribution in [1.82, 2.24) is 20.4 Å². The topological polar surface area (TPSA) is 133 Å². The highest BCUT2D eigenvalue weighted by Gasteiger charge is 2.32. The highest BCUT2D eigenvalue weighted by atomic mass is 35.5. The molecule has 3 N–H and O–H groups in total. The summed E-state index contributed by atoms with van der Waals surface area (Å²) < 4.78 is 5.43. The predicted molar refractivity (Wildman–Crippen MR) is 113 cm³/mol. The molecule has 1 fully saturated rings. The van der Waals surface area contributed by atoms with Crippen LogP contribution in [0, 0.1) is 0 Å². The van der Waals surface area contributed by atoms with Crippen molar-refractivity contribution in [2.45, 2.75) is 25.4 Å². The molecule has 2 amide bonds. The molecule has 0 radical (unpaired) electrons. The van der Waals surface area contributed by atoms with Gasteiger partial charge in [0.2, 0.25) is 11.9 Å². The lowest BCUT2D eigenvalue weighted by Crippen LogP contribution is -2.36. The SMILES string of the molecule is C[C@H](Nc1nccc(N2C[C@H](NC(=O)O)CC2=O)n1)c1cc(-c2ccc(Cl)cc2)on1. The van der Waals surface area contributed by atoms with Gasteiger partial charge in [0.15, 0.2) is 5.76 Å². The van der Waals surface area contributed by atoms with Gasteiger partial charge in [-0.2, -0.15) is 4.98 Å². The maximum absolute atomic E-state index is 12.3. The lowest BCUT2D eigenvalue weighted by molar-refractivity contribution is -0.117. The number of hydrogen-bond donors (Lipinski definition) is 3. The first-order valence-corrected chi connectivity index (χ1v) is 9.89. The zero-order valence-corrected chi connectivity index (χ0v) is 17.2. The van der Waals surface area contributed by atoms with Gasteiger partial charge in [0.25, 0.3) is 0 Å². The van der Waals surface area contributed by atoms with E-state index in [9.17, 15) is 9.59 Å². The van der Waals surface area contributed by atoms with E-state index in [0.717, 1.165) is 5.56 Å². The highest BCUT2D eigenvalue weighted by Crippen LogP contribution is 2.26. The van der Waals surface area contributed by atoms with Crippen LogP contribution in [0.3, 0.4) is 0 Å². The van der Waals surface area contributed by atoms with Crippen molar-refractivity contribution in [3.63, 3.8) is 0 Å². The number of aromatic nitrogens is 3. The van der Waals surface area contributed by atoms with Gasteiger partial charge in [-0.25, -0.2) is 9.78 Å². The number of nitrogens with zero attached hydrogens (tertiary/aromatic N) is 4. The summed E-state index contributed by atoms with van der Waals surface area (Å²) in [5.41, 5.74) is 1.51. The zero-order valence-electron chi connectivity index (χ0n) is 16.4. The molecular weight excluding hydrogens is 424 g/mol. The summed E-state index contributed by atoms with van der Waals surface area (Å²) in [6.07, 6.45) is 0.455. The second-order valence-corrected chi connectivity index (χ2v) is 7.52. The minimum atomic E-state index is -1.16. The normalized spacial score (nSPS) is 16.9. The average molecular weight is 443 g/mol. The first kappa shape index (κ1) is 20.6. The largest absolute Gasteiger partial charge is 0.465 e. The van der Waals surface area contributed by atoms with Crippen molar-refractivity contribution >= 4 is 35.4 Å². The number of anilines is 2. The first-order chi connectivity index (χ1) is 14.9. The number of carbonyl (C=O) groups excluding carboxylic acids is 1. The lowest BCUT2D eigenvalue weighted by atomic mass is 10.1. The van der Waals surface area contributed by atoms with Gasteiger partial charge in [-0.15, -0.1) is 0 Å². The van der Waals surface area contributed by atoms with Gasteiger partial charge in [0, 0.05) is 35.8 Å². The predicted octanol–water partition coefficient (Wildman–Crippen LogP) is 3.33. The fourth-order valence-electron chi connectivity index (χ4n) is 3.28. The van der Waals surface area contributed by atoms with E-state index in [1.54, 1.807) is 18.2 Å². The van der Waals surface area contributed by atoms with Gasteiger partial charge in [0.1, 0.15) is 11.5 Å². The zero-order chi connectivity index (χ0) is 22.0. The summed E-state index contributed by atoms with van der Waals surface area (Å²) in [5, 5.41) is 19.1. The summed E-state index contributed by atoms with van der Waals surface area (Å²) in [5.74, 6) is 1.10. The van der Waals surface area contributed by atoms with Gasteiger partial charge in [-0.05, 0) is 37.3 Å². The molecule has 1 aliphatic rings. The number of carbonyl (C=O) groups is 2. The van der Waals surface area contributed by atoms with E-state index in [-0.39, 0.29) is 24.9 Å². The van der Waals surface area contributed by atoms with Crippen molar-refractivity contribution in [2.75, 3.05) is 16.8 Å². The average Bonchev–Trinajstić information content (AvgIpc) is 3.35. The number of amides is 2. The fraction of sp³-hybridized carbons (Fsp3) is 0.250. The van der Waals surface area contributed by atoms with Crippen LogP contribution in [0.4, 0.5) is 16.6 Å². The molecule has 11 heteroatoms. The molecule has 0 saturated carbocycles. The minimum Gasteiger partial charge on any atom is -0.465 e. The summed E-state index contributed by atoms with van der Waals surface area (Å²) >= 11 is 5.92. The second kappa shape index (κ2) is 8.60. The molecule has 2 atom stereocenters. The Morgan fingerprint density at radius 3 is 2.84 bits per heavy atom. The van der Waals surface area contributed by atoms with Crippen molar-refractivity contribution in [3.8, 4) is 11.3 Å². The van der Waals surface area contributed by atoms with E-state index in [1.807, 2.05) is 25.1 Å². The number of halogens is 1. The Morgan fingerprint density at radius 1 is 1.32 bits per heavy atom. The third-order valence-corrected chi connectivity index (χ3v) is 5.07. The molecule has 0 bridgehead atoms. The molecule has 0 unspecified atom stereocenters. The summed E-state index contributed by atoms with van der Waals surface area (Å²) in [4.78, 5) is 33.1. The molecule has 4 rings (SSSR count). The summed E-state index contributed by atoms with van der Waals surface area (Å²) in [6, 6.07) is 9.91. The quantitative estimate of drug-likeness (QED) is 0.529. The Labute approximate surface area is 182 Å². The maximum Gasteiger partial charge on any atom is 0.404 e. The molecule has 1 aliphatic heterocycles. The molecule has 1 aromatic carbocycles. The molecule has 2 aromatic heterocycles. The molecule has 0 aliphatic carbocycles. The summed E-state index contributed by atoms with van der Waals surface area (Å²) in [6.45, 7) is 2.10. The molecule has 10 nitrogen and oxygen atoms in total. The van der Waals surface area contributed by atoms with Crippen LogP contribution in [0.5, 0.6) is 0 Å². The molecule has 1 saturated heterocycles. The number of hydrogen-bond acceptors (Lipinski definition) is 7. The van der Waals surface area contributed by atoms with Crippen LogP contribution >= 0.6 is 11.6 Å². The minimum absolute atomic E-state index is 0.0852. The molecular formula is C20H19ClN6O4. The van der Waals surface area contributed by atoms with Gasteiger partial charge >= 0.3 is 6.09 Å². The standard InChI is InChI=1S/C20H19ClN6O4/c1-11(15-9-16(31-26-15)12-2-4-13(21)5-3-12)23-19-22-7-6-17(25-19)27-10-14(8-18(27)28)24-20(29)30/h2-7,9,11,14,24H,8,10H2,1H3,(H,29,30)(H,22,23,25)/t11-,14+/m0/s1. The van der Waals surface area contributed by atoms with Crippen LogP contribution in [0.15, 0.2) is 47.1 Å². The van der Waals surface area contributed by atoms with Crippen molar-refractivity contribution in [2.24, 2.45) is 0 Å². The Bertz CT molecular complexity index is 1100. The van der Waals surface area contributed by atoms with Crippen molar-refractivity contribution in [3.05, 3.63) is 53.3 Å². The van der Waals surface area contributed by atoms with E-state index >= 15 is 0 Å². The molecule has 0 spiro atoms. The molecule has 160 valence electrons. The van der Waals surface area contributed by atoms with Gasteiger partial charge < -0.3 is 20.3 Å². The molecule has 31 heavy (non-hydrogen) atoms. The van der Waals surface area contributed by atoms with E-state index in [2.05, 4.69) is 25.8 Å². The Hall–Kier alpha value is -3.66. The second-order valence-electron chi connectivity index (χ2n) is 7.08. The van der Waals surface area contributed by atoms with Crippen LogP contribution in [-0.4, -0.2) is 44.8 Å². The first-order valence-electron chi connectivity index (χ1n) is 9.51. The fourth-order valence-corrected chi connectivity index (χ4v) is 3.41. The lowest BCUT2D eigenvalue weighted by Gasteiger charge is -2.17.